The van der Waals surface area contributed by atoms with Gasteiger partial charge >= 0.3 is 0 Å². The van der Waals surface area contributed by atoms with Crippen molar-refractivity contribution in [3.63, 3.8) is 0 Å². The van der Waals surface area contributed by atoms with Crippen LogP contribution >= 0.6 is 0 Å². The lowest BCUT2D eigenvalue weighted by Gasteiger charge is -2.40. The summed E-state index contributed by atoms with van der Waals surface area (Å²) in [6.07, 6.45) is 8.09. The highest BCUT2D eigenvalue weighted by atomic mass is 16.5. The van der Waals surface area contributed by atoms with E-state index in [0.29, 0.717) is 18.1 Å². The number of hydrogen-bond donors (Lipinski definition) is 2. The summed E-state index contributed by atoms with van der Waals surface area (Å²) >= 11 is 0. The van der Waals surface area contributed by atoms with E-state index in [4.69, 9.17) is 4.74 Å². The minimum Gasteiger partial charge on any atom is -0.378 e. The molecule has 1 aliphatic carbocycles. The number of nitrogens with one attached hydrogen (secondary N) is 2. The van der Waals surface area contributed by atoms with Gasteiger partial charge in [0, 0.05) is 59.0 Å². The molecule has 27 heavy (non-hydrogen) atoms. The summed E-state index contributed by atoms with van der Waals surface area (Å²) in [6.45, 7) is 12.0. The van der Waals surface area contributed by atoms with Crippen LogP contribution in [0, 0.1) is 5.92 Å². The lowest BCUT2D eigenvalue weighted by molar-refractivity contribution is 0.0277. The summed E-state index contributed by atoms with van der Waals surface area (Å²) in [7, 11) is 4.07. The van der Waals surface area contributed by atoms with E-state index in [1.54, 1.807) is 0 Å². The van der Waals surface area contributed by atoms with Crippen molar-refractivity contribution < 1.29 is 4.74 Å². The molecule has 6 heteroatoms. The zero-order valence-electron chi connectivity index (χ0n) is 18.2. The third-order valence-corrected chi connectivity index (χ3v) is 6.00. The van der Waals surface area contributed by atoms with E-state index in [1.165, 1.54) is 32.1 Å². The van der Waals surface area contributed by atoms with Gasteiger partial charge < -0.3 is 20.3 Å². The Morgan fingerprint density at radius 1 is 1.07 bits per heavy atom. The summed E-state index contributed by atoms with van der Waals surface area (Å²) in [5, 5.41) is 6.99. The Morgan fingerprint density at radius 3 is 2.41 bits per heavy atom. The van der Waals surface area contributed by atoms with Crippen LogP contribution in [0.5, 0.6) is 0 Å². The van der Waals surface area contributed by atoms with Crippen molar-refractivity contribution >= 4 is 5.96 Å². The van der Waals surface area contributed by atoms with Gasteiger partial charge in [0.15, 0.2) is 5.96 Å². The molecule has 0 radical (unpaired) electrons. The molecule has 1 saturated carbocycles. The fraction of sp³-hybridized carbons (Fsp3) is 0.952. The maximum absolute atomic E-state index is 6.01. The number of likely N-dealkylation sites (N-methyl/N-ethyl adjacent to an activating group) is 1. The first-order valence-corrected chi connectivity index (χ1v) is 11.1. The molecule has 2 aliphatic rings. The average Bonchev–Trinajstić information content (AvgIpc) is 2.68. The van der Waals surface area contributed by atoms with Crippen LogP contribution in [-0.2, 0) is 4.74 Å². The van der Waals surface area contributed by atoms with Crippen molar-refractivity contribution in [1.29, 1.82) is 0 Å². The monoisotopic (exact) mass is 381 g/mol. The molecule has 1 unspecified atom stereocenters. The molecule has 1 atom stereocenters. The highest BCUT2D eigenvalue weighted by Crippen LogP contribution is 2.20. The van der Waals surface area contributed by atoms with E-state index in [0.717, 1.165) is 58.3 Å². The molecular formula is C21H43N5O. The third kappa shape index (κ3) is 8.36. The van der Waals surface area contributed by atoms with Crippen LogP contribution in [0.1, 0.15) is 52.4 Å². The number of hydrogen-bond acceptors (Lipinski definition) is 4. The van der Waals surface area contributed by atoms with E-state index in [2.05, 4.69) is 46.3 Å². The quantitative estimate of drug-likeness (QED) is 0.364. The summed E-state index contributed by atoms with van der Waals surface area (Å²) in [5.74, 6) is 1.54. The third-order valence-electron chi connectivity index (χ3n) is 6.00. The molecule has 0 bridgehead atoms. The highest BCUT2D eigenvalue weighted by molar-refractivity contribution is 5.79. The molecule has 158 valence electrons. The normalized spacial score (nSPS) is 22.2. The van der Waals surface area contributed by atoms with Crippen LogP contribution in [-0.4, -0.2) is 87.9 Å². The summed E-state index contributed by atoms with van der Waals surface area (Å²) in [6, 6.07) is 0.548. The van der Waals surface area contributed by atoms with Crippen molar-refractivity contribution in [2.45, 2.75) is 64.5 Å². The second-order valence-corrected chi connectivity index (χ2v) is 8.51. The van der Waals surface area contributed by atoms with Crippen LogP contribution in [0.4, 0.5) is 0 Å². The van der Waals surface area contributed by atoms with Crippen LogP contribution in [0.15, 0.2) is 4.99 Å². The van der Waals surface area contributed by atoms with E-state index in [-0.39, 0.29) is 0 Å². The van der Waals surface area contributed by atoms with Gasteiger partial charge in [-0.1, -0.05) is 33.1 Å². The lowest BCUT2D eigenvalue weighted by atomic mass is 9.98. The predicted molar refractivity (Wildman–Crippen MR) is 115 cm³/mol. The van der Waals surface area contributed by atoms with Gasteiger partial charge in [-0.3, -0.25) is 9.89 Å². The zero-order chi connectivity index (χ0) is 19.5. The van der Waals surface area contributed by atoms with Crippen molar-refractivity contribution in [2.75, 3.05) is 60.0 Å². The fourth-order valence-electron chi connectivity index (χ4n) is 4.12. The second-order valence-electron chi connectivity index (χ2n) is 8.51. The summed E-state index contributed by atoms with van der Waals surface area (Å²) in [4.78, 5) is 9.43. The summed E-state index contributed by atoms with van der Waals surface area (Å²) in [5.41, 5.74) is 0. The molecule has 1 aliphatic heterocycles. The molecule has 0 aromatic carbocycles. The molecule has 0 aromatic heterocycles. The van der Waals surface area contributed by atoms with Gasteiger partial charge in [0.1, 0.15) is 0 Å². The van der Waals surface area contributed by atoms with Crippen LogP contribution in [0.3, 0.4) is 0 Å². The Morgan fingerprint density at radius 2 is 1.78 bits per heavy atom. The molecule has 2 fully saturated rings. The predicted octanol–water partition coefficient (Wildman–Crippen LogP) is 2.16. The number of nitrogens with zero attached hydrogens (tertiary/aromatic N) is 3. The Kier molecular flexibility index (Phi) is 10.5. The highest BCUT2D eigenvalue weighted by Gasteiger charge is 2.25. The molecule has 2 N–H and O–H groups in total. The topological polar surface area (TPSA) is 52.1 Å². The standard InChI is InChI=1S/C21H43N5O/c1-18(2)20(26-14-12-25(4)13-15-26)17-24-21(22-3)23-11-8-16-27-19-9-6-5-7-10-19/h18-20H,5-17H2,1-4H3,(H2,22,23,24). The number of aliphatic imine (C=N–C) groups is 1. The Bertz CT molecular complexity index is 415. The molecule has 0 aromatic rings. The fourth-order valence-corrected chi connectivity index (χ4v) is 4.12. The van der Waals surface area contributed by atoms with Gasteiger partial charge in [0.2, 0.25) is 0 Å². The molecular weight excluding hydrogens is 338 g/mol. The maximum atomic E-state index is 6.01. The molecule has 0 amide bonds. The average molecular weight is 382 g/mol. The SMILES string of the molecule is CN=C(NCCCOC1CCCCC1)NCC(C(C)C)N1CCN(C)CC1. The Balaban J connectivity index is 1.62. The first-order valence-electron chi connectivity index (χ1n) is 11.1. The number of piperazine rings is 1. The van der Waals surface area contributed by atoms with Gasteiger partial charge in [0.25, 0.3) is 0 Å². The first kappa shape index (κ1) is 22.4. The van der Waals surface area contributed by atoms with Gasteiger partial charge in [-0.05, 0) is 32.2 Å². The number of guanidine groups is 1. The van der Waals surface area contributed by atoms with Crippen LogP contribution in [0.2, 0.25) is 0 Å². The Labute approximate surface area is 167 Å². The van der Waals surface area contributed by atoms with Crippen molar-refractivity contribution in [1.82, 2.24) is 20.4 Å². The van der Waals surface area contributed by atoms with Gasteiger partial charge in [-0.25, -0.2) is 0 Å². The maximum Gasteiger partial charge on any atom is 0.191 e. The van der Waals surface area contributed by atoms with Crippen molar-refractivity contribution in [2.24, 2.45) is 10.9 Å². The van der Waals surface area contributed by atoms with Gasteiger partial charge in [-0.15, -0.1) is 0 Å². The number of rotatable bonds is 9. The molecule has 1 heterocycles. The van der Waals surface area contributed by atoms with E-state index >= 15 is 0 Å². The largest absolute Gasteiger partial charge is 0.378 e. The van der Waals surface area contributed by atoms with Crippen molar-refractivity contribution in [3.05, 3.63) is 0 Å². The Hall–Kier alpha value is -0.850. The smallest absolute Gasteiger partial charge is 0.191 e. The molecule has 6 nitrogen and oxygen atoms in total. The van der Waals surface area contributed by atoms with E-state index < -0.39 is 0 Å². The number of ether oxygens (including phenoxy) is 1. The van der Waals surface area contributed by atoms with Crippen LogP contribution < -0.4 is 10.6 Å². The summed E-state index contributed by atoms with van der Waals surface area (Å²) < 4.78 is 6.01. The van der Waals surface area contributed by atoms with E-state index in [9.17, 15) is 0 Å². The first-order chi connectivity index (χ1) is 13.1. The second kappa shape index (κ2) is 12.6. The zero-order valence-corrected chi connectivity index (χ0v) is 18.2. The van der Waals surface area contributed by atoms with Gasteiger partial charge in [-0.2, -0.15) is 0 Å². The van der Waals surface area contributed by atoms with Gasteiger partial charge in [0.05, 0.1) is 6.10 Å². The van der Waals surface area contributed by atoms with E-state index in [1.807, 2.05) is 7.05 Å². The minimum atomic E-state index is 0.506. The lowest BCUT2D eigenvalue weighted by Crippen LogP contribution is -2.55. The molecule has 2 rings (SSSR count). The van der Waals surface area contributed by atoms with Crippen molar-refractivity contribution in [3.8, 4) is 0 Å². The molecule has 0 spiro atoms. The van der Waals surface area contributed by atoms with Crippen LogP contribution in [0.25, 0.3) is 0 Å². The molecule has 1 saturated heterocycles. The minimum absolute atomic E-state index is 0.506.